The van der Waals surface area contributed by atoms with Crippen LogP contribution in [0.25, 0.3) is 0 Å². The molecule has 0 amide bonds. The fourth-order valence-electron chi connectivity index (χ4n) is 2.76. The van der Waals surface area contributed by atoms with Gasteiger partial charge in [-0.25, -0.2) is 5.10 Å². The molecule has 0 spiro atoms. The number of aromatic amines is 1. The van der Waals surface area contributed by atoms with E-state index < -0.39 is 0 Å². The number of tetrazole rings is 1. The molecule has 2 atom stereocenters. The highest BCUT2D eigenvalue weighted by Gasteiger charge is 2.29. The molecule has 0 unspecified atom stereocenters. The predicted octanol–water partition coefficient (Wildman–Crippen LogP) is 2.16. The van der Waals surface area contributed by atoms with Gasteiger partial charge < -0.3 is 4.74 Å². The van der Waals surface area contributed by atoms with Crippen LogP contribution < -0.4 is 0 Å². The third-order valence-electron chi connectivity index (χ3n) is 3.88. The second kappa shape index (κ2) is 8.38. The molecular weight excluding hydrogens is 280 g/mol. The fourth-order valence-corrected chi connectivity index (χ4v) is 2.76. The van der Waals surface area contributed by atoms with Crippen LogP contribution in [0, 0.1) is 5.92 Å². The highest BCUT2D eigenvalue weighted by atomic mass is 16.5. The Bertz CT molecular complexity index is 557. The van der Waals surface area contributed by atoms with E-state index in [1.165, 1.54) is 5.56 Å². The SMILES string of the molecule is COCCC[C@H](C(C)=O)[C@H](Cc1ccccc1)c1nnn[nH]1. The minimum atomic E-state index is -0.120. The zero-order valence-corrected chi connectivity index (χ0v) is 13.0. The van der Waals surface area contributed by atoms with Gasteiger partial charge in [-0.1, -0.05) is 30.3 Å². The van der Waals surface area contributed by atoms with E-state index in [1.54, 1.807) is 14.0 Å². The number of carbonyl (C=O) groups excluding carboxylic acids is 1. The van der Waals surface area contributed by atoms with Crippen LogP contribution in [0.2, 0.25) is 0 Å². The van der Waals surface area contributed by atoms with Gasteiger partial charge in [0.05, 0.1) is 0 Å². The van der Waals surface area contributed by atoms with Crippen molar-refractivity contribution in [3.05, 3.63) is 41.7 Å². The largest absolute Gasteiger partial charge is 0.385 e. The van der Waals surface area contributed by atoms with Crippen LogP contribution in [-0.2, 0) is 16.0 Å². The second-order valence-corrected chi connectivity index (χ2v) is 5.43. The number of methoxy groups -OCH3 is 1. The highest BCUT2D eigenvalue weighted by molar-refractivity contribution is 5.79. The number of hydrogen-bond donors (Lipinski definition) is 1. The number of benzene rings is 1. The smallest absolute Gasteiger partial charge is 0.152 e. The molecule has 0 aliphatic rings. The van der Waals surface area contributed by atoms with Crippen LogP contribution >= 0.6 is 0 Å². The van der Waals surface area contributed by atoms with Crippen molar-refractivity contribution in [2.24, 2.45) is 5.92 Å². The minimum Gasteiger partial charge on any atom is -0.385 e. The maximum absolute atomic E-state index is 12.1. The van der Waals surface area contributed by atoms with Crippen LogP contribution in [0.15, 0.2) is 30.3 Å². The average molecular weight is 302 g/mol. The number of H-pyrrole nitrogens is 1. The topological polar surface area (TPSA) is 80.8 Å². The molecule has 2 rings (SSSR count). The molecule has 6 heteroatoms. The molecule has 6 nitrogen and oxygen atoms in total. The van der Waals surface area contributed by atoms with Gasteiger partial charge >= 0.3 is 0 Å². The van der Waals surface area contributed by atoms with Gasteiger partial charge in [-0.2, -0.15) is 0 Å². The number of nitrogens with one attached hydrogen (secondary N) is 1. The average Bonchev–Trinajstić information content (AvgIpc) is 3.05. The third-order valence-corrected chi connectivity index (χ3v) is 3.88. The lowest BCUT2D eigenvalue weighted by molar-refractivity contribution is -0.121. The number of hydrogen-bond acceptors (Lipinski definition) is 5. The molecule has 1 N–H and O–H groups in total. The molecule has 0 saturated heterocycles. The van der Waals surface area contributed by atoms with E-state index in [4.69, 9.17) is 4.74 Å². The number of ketones is 1. The fraction of sp³-hybridized carbons (Fsp3) is 0.500. The van der Waals surface area contributed by atoms with Crippen LogP contribution in [0.1, 0.15) is 37.1 Å². The van der Waals surface area contributed by atoms with E-state index in [0.717, 1.165) is 19.3 Å². The number of rotatable bonds is 9. The minimum absolute atomic E-state index is 0.0493. The number of carbonyl (C=O) groups is 1. The summed E-state index contributed by atoms with van der Waals surface area (Å²) in [6.07, 6.45) is 2.34. The van der Waals surface area contributed by atoms with Crippen LogP contribution in [0.3, 0.4) is 0 Å². The number of Topliss-reactive ketones (excluding diaryl/α,β-unsaturated/α-hetero) is 1. The van der Waals surface area contributed by atoms with Gasteiger partial charge in [0.1, 0.15) is 5.78 Å². The van der Waals surface area contributed by atoms with Crippen molar-refractivity contribution < 1.29 is 9.53 Å². The first-order valence-electron chi connectivity index (χ1n) is 7.49. The molecule has 1 aromatic carbocycles. The van der Waals surface area contributed by atoms with Gasteiger partial charge in [-0.15, -0.1) is 5.10 Å². The lowest BCUT2D eigenvalue weighted by Gasteiger charge is -2.23. The van der Waals surface area contributed by atoms with Crippen molar-refractivity contribution in [1.29, 1.82) is 0 Å². The Hall–Kier alpha value is -2.08. The monoisotopic (exact) mass is 302 g/mol. The van der Waals surface area contributed by atoms with Gasteiger partial charge in [0.25, 0.3) is 0 Å². The van der Waals surface area contributed by atoms with Gasteiger partial charge in [0.15, 0.2) is 5.82 Å². The number of nitrogens with zero attached hydrogens (tertiary/aromatic N) is 3. The molecule has 0 aliphatic heterocycles. The van der Waals surface area contributed by atoms with Crippen molar-refractivity contribution >= 4 is 5.78 Å². The Balaban J connectivity index is 2.20. The molecule has 0 fully saturated rings. The summed E-state index contributed by atoms with van der Waals surface area (Å²) in [5.74, 6) is 0.659. The van der Waals surface area contributed by atoms with Crippen molar-refractivity contribution in [2.45, 2.75) is 32.1 Å². The summed E-state index contributed by atoms with van der Waals surface area (Å²) in [4.78, 5) is 12.1. The van der Waals surface area contributed by atoms with E-state index in [9.17, 15) is 4.79 Å². The molecule has 0 saturated carbocycles. The Labute approximate surface area is 130 Å². The third kappa shape index (κ3) is 4.46. The Kier molecular flexibility index (Phi) is 6.21. The van der Waals surface area contributed by atoms with Gasteiger partial charge in [0, 0.05) is 25.6 Å². The summed E-state index contributed by atoms with van der Waals surface area (Å²) >= 11 is 0. The molecule has 0 radical (unpaired) electrons. The number of aromatic nitrogens is 4. The standard InChI is InChI=1S/C16H22N4O2/c1-12(21)14(9-6-10-22-2)15(16-17-19-20-18-16)11-13-7-4-3-5-8-13/h3-5,7-8,14-15H,6,9-11H2,1-2H3,(H,17,18,19,20)/t14-,15+/m1/s1. The molecule has 1 heterocycles. The summed E-state index contributed by atoms with van der Waals surface area (Å²) in [6, 6.07) is 10.1. The molecule has 0 bridgehead atoms. The van der Waals surface area contributed by atoms with E-state index >= 15 is 0 Å². The first-order valence-corrected chi connectivity index (χ1v) is 7.49. The highest BCUT2D eigenvalue weighted by Crippen LogP contribution is 2.30. The second-order valence-electron chi connectivity index (χ2n) is 5.43. The summed E-state index contributed by atoms with van der Waals surface area (Å²) in [7, 11) is 1.67. The zero-order valence-electron chi connectivity index (χ0n) is 13.0. The normalized spacial score (nSPS) is 13.7. The van der Waals surface area contributed by atoms with Crippen LogP contribution in [0.4, 0.5) is 0 Å². The number of ether oxygens (including phenoxy) is 1. The van der Waals surface area contributed by atoms with Gasteiger partial charge in [0.2, 0.25) is 0 Å². The first kappa shape index (κ1) is 16.3. The summed E-state index contributed by atoms with van der Waals surface area (Å²) in [5.41, 5.74) is 1.17. The van der Waals surface area contributed by atoms with Crippen molar-refractivity contribution in [2.75, 3.05) is 13.7 Å². The van der Waals surface area contributed by atoms with Crippen molar-refractivity contribution in [1.82, 2.24) is 20.6 Å². The van der Waals surface area contributed by atoms with E-state index in [0.29, 0.717) is 12.4 Å². The lowest BCUT2D eigenvalue weighted by atomic mass is 9.81. The first-order chi connectivity index (χ1) is 10.7. The lowest BCUT2D eigenvalue weighted by Crippen LogP contribution is -2.24. The molecule has 1 aromatic heterocycles. The molecule has 118 valence electrons. The van der Waals surface area contributed by atoms with Gasteiger partial charge in [-0.3, -0.25) is 4.79 Å². The molecular formula is C16H22N4O2. The van der Waals surface area contributed by atoms with E-state index in [1.807, 2.05) is 18.2 Å². The zero-order chi connectivity index (χ0) is 15.8. The van der Waals surface area contributed by atoms with E-state index in [-0.39, 0.29) is 17.6 Å². The maximum Gasteiger partial charge on any atom is 0.152 e. The summed E-state index contributed by atoms with van der Waals surface area (Å²) < 4.78 is 5.10. The molecule has 0 aliphatic carbocycles. The Morgan fingerprint density at radius 2 is 2.09 bits per heavy atom. The van der Waals surface area contributed by atoms with Crippen molar-refractivity contribution in [3.8, 4) is 0 Å². The van der Waals surface area contributed by atoms with E-state index in [2.05, 4.69) is 32.8 Å². The predicted molar refractivity (Wildman–Crippen MR) is 82.3 cm³/mol. The molecule has 2 aromatic rings. The maximum atomic E-state index is 12.1. The van der Waals surface area contributed by atoms with Gasteiger partial charge in [-0.05, 0) is 42.2 Å². The van der Waals surface area contributed by atoms with Crippen molar-refractivity contribution in [3.63, 3.8) is 0 Å². The summed E-state index contributed by atoms with van der Waals surface area (Å²) in [5, 5.41) is 14.2. The Morgan fingerprint density at radius 3 is 2.68 bits per heavy atom. The van der Waals surface area contributed by atoms with Crippen LogP contribution in [0.5, 0.6) is 0 Å². The Morgan fingerprint density at radius 1 is 1.32 bits per heavy atom. The molecule has 22 heavy (non-hydrogen) atoms. The van der Waals surface area contributed by atoms with Crippen LogP contribution in [-0.4, -0.2) is 40.1 Å². The summed E-state index contributed by atoms with van der Waals surface area (Å²) in [6.45, 7) is 2.29. The quantitative estimate of drug-likeness (QED) is 0.718.